The van der Waals surface area contributed by atoms with Gasteiger partial charge in [-0.2, -0.15) is 0 Å². The van der Waals surface area contributed by atoms with E-state index in [1.54, 1.807) is 0 Å². The SMILES string of the molecule is O=C(O)C(=O)O.c1ccc(Oc2cccc(CN3CCC(N4CCCCCC4)CC3)c2)cc1. The second kappa shape index (κ2) is 13.0. The smallest absolute Gasteiger partial charge is 0.414 e. The Balaban J connectivity index is 0.000000454. The highest BCUT2D eigenvalue weighted by Crippen LogP contribution is 2.25. The summed E-state index contributed by atoms with van der Waals surface area (Å²) in [6.07, 6.45) is 8.29. The number of ether oxygens (including phenoxy) is 1. The molecule has 0 aliphatic carbocycles. The van der Waals surface area contributed by atoms with Crippen molar-refractivity contribution in [2.24, 2.45) is 0 Å². The fourth-order valence-electron chi connectivity index (χ4n) is 4.49. The molecular formula is C26H34N2O5. The molecule has 2 aromatic rings. The predicted octanol–water partition coefficient (Wildman–Crippen LogP) is 4.47. The number of carbonyl (C=O) groups is 2. The molecule has 2 fully saturated rings. The zero-order valence-electron chi connectivity index (χ0n) is 19.1. The summed E-state index contributed by atoms with van der Waals surface area (Å²) in [5.41, 5.74) is 1.34. The summed E-state index contributed by atoms with van der Waals surface area (Å²) in [5, 5.41) is 14.8. The summed E-state index contributed by atoms with van der Waals surface area (Å²) >= 11 is 0. The van der Waals surface area contributed by atoms with Gasteiger partial charge < -0.3 is 19.8 Å². The van der Waals surface area contributed by atoms with E-state index in [1.165, 1.54) is 70.3 Å². The molecule has 0 radical (unpaired) electrons. The van der Waals surface area contributed by atoms with Crippen molar-refractivity contribution in [3.8, 4) is 11.5 Å². The van der Waals surface area contributed by atoms with Gasteiger partial charge in [0.1, 0.15) is 11.5 Å². The molecule has 0 amide bonds. The summed E-state index contributed by atoms with van der Waals surface area (Å²) in [4.78, 5) is 23.6. The lowest BCUT2D eigenvalue weighted by atomic mass is 10.0. The van der Waals surface area contributed by atoms with Gasteiger partial charge in [0.05, 0.1) is 0 Å². The van der Waals surface area contributed by atoms with Crippen LogP contribution in [0.4, 0.5) is 0 Å². The summed E-state index contributed by atoms with van der Waals surface area (Å²) in [7, 11) is 0. The summed E-state index contributed by atoms with van der Waals surface area (Å²) in [5.74, 6) is -1.82. The monoisotopic (exact) mass is 454 g/mol. The fraction of sp³-hybridized carbons (Fsp3) is 0.462. The van der Waals surface area contributed by atoms with E-state index in [1.807, 2.05) is 36.4 Å². The topological polar surface area (TPSA) is 90.3 Å². The minimum absolute atomic E-state index is 0.812. The molecule has 4 rings (SSSR count). The Bertz CT molecular complexity index is 861. The van der Waals surface area contributed by atoms with Crippen LogP contribution in [0.5, 0.6) is 11.5 Å². The average Bonchev–Trinajstić information content (AvgIpc) is 3.11. The van der Waals surface area contributed by atoms with Gasteiger partial charge in [-0.25, -0.2) is 9.59 Å². The van der Waals surface area contributed by atoms with Gasteiger partial charge in [0.25, 0.3) is 0 Å². The molecule has 2 aliphatic rings. The molecule has 178 valence electrons. The Morgan fingerprint density at radius 1 is 0.788 bits per heavy atom. The number of aliphatic carboxylic acids is 2. The third-order valence-corrected chi connectivity index (χ3v) is 6.18. The lowest BCUT2D eigenvalue weighted by Gasteiger charge is -2.38. The van der Waals surface area contributed by atoms with Gasteiger partial charge >= 0.3 is 11.9 Å². The quantitative estimate of drug-likeness (QED) is 0.644. The number of benzene rings is 2. The van der Waals surface area contributed by atoms with Gasteiger partial charge in [0.15, 0.2) is 0 Å². The van der Waals surface area contributed by atoms with Crippen molar-refractivity contribution < 1.29 is 24.5 Å². The normalized spacial score (nSPS) is 17.9. The molecule has 2 saturated heterocycles. The molecule has 2 aliphatic heterocycles. The van der Waals surface area contributed by atoms with Crippen LogP contribution in [0.15, 0.2) is 54.6 Å². The summed E-state index contributed by atoms with van der Waals surface area (Å²) in [6.45, 7) is 6.10. The predicted molar refractivity (Wildman–Crippen MR) is 127 cm³/mol. The largest absolute Gasteiger partial charge is 0.473 e. The highest BCUT2D eigenvalue weighted by atomic mass is 16.5. The fourth-order valence-corrected chi connectivity index (χ4v) is 4.49. The first-order valence-electron chi connectivity index (χ1n) is 11.8. The van der Waals surface area contributed by atoms with Crippen molar-refractivity contribution in [1.29, 1.82) is 0 Å². The molecule has 33 heavy (non-hydrogen) atoms. The molecule has 0 bridgehead atoms. The molecule has 2 heterocycles. The number of carboxylic acids is 2. The number of hydrogen-bond acceptors (Lipinski definition) is 5. The Hall–Kier alpha value is -2.90. The van der Waals surface area contributed by atoms with Crippen LogP contribution < -0.4 is 4.74 Å². The molecule has 0 saturated carbocycles. The molecule has 2 aromatic carbocycles. The molecule has 0 spiro atoms. The molecule has 2 N–H and O–H groups in total. The van der Waals surface area contributed by atoms with E-state index in [4.69, 9.17) is 24.5 Å². The molecule has 7 nitrogen and oxygen atoms in total. The Morgan fingerprint density at radius 2 is 1.39 bits per heavy atom. The number of likely N-dealkylation sites (tertiary alicyclic amines) is 2. The summed E-state index contributed by atoms with van der Waals surface area (Å²) < 4.78 is 5.99. The minimum Gasteiger partial charge on any atom is -0.473 e. The van der Waals surface area contributed by atoms with Crippen LogP contribution in [-0.2, 0) is 16.1 Å². The average molecular weight is 455 g/mol. The van der Waals surface area contributed by atoms with E-state index in [2.05, 4.69) is 28.0 Å². The Kier molecular flexibility index (Phi) is 9.72. The highest BCUT2D eigenvalue weighted by molar-refractivity contribution is 6.27. The van der Waals surface area contributed by atoms with Crippen LogP contribution in [0, 0.1) is 0 Å². The molecular weight excluding hydrogens is 420 g/mol. The second-order valence-electron chi connectivity index (χ2n) is 8.63. The molecule has 0 atom stereocenters. The molecule has 7 heteroatoms. The minimum atomic E-state index is -1.82. The van der Waals surface area contributed by atoms with Crippen molar-refractivity contribution in [2.75, 3.05) is 26.2 Å². The maximum atomic E-state index is 9.10. The number of nitrogens with zero attached hydrogens (tertiary/aromatic N) is 2. The number of rotatable bonds is 5. The van der Waals surface area contributed by atoms with E-state index in [9.17, 15) is 0 Å². The van der Waals surface area contributed by atoms with E-state index in [0.29, 0.717) is 0 Å². The van der Waals surface area contributed by atoms with Crippen LogP contribution in [0.25, 0.3) is 0 Å². The first-order valence-corrected chi connectivity index (χ1v) is 11.8. The van der Waals surface area contributed by atoms with Crippen LogP contribution in [0.2, 0.25) is 0 Å². The zero-order valence-corrected chi connectivity index (χ0v) is 19.1. The number of para-hydroxylation sites is 1. The van der Waals surface area contributed by atoms with Crippen molar-refractivity contribution in [2.45, 2.75) is 51.1 Å². The van der Waals surface area contributed by atoms with Gasteiger partial charge in [-0.1, -0.05) is 43.2 Å². The second-order valence-corrected chi connectivity index (χ2v) is 8.63. The van der Waals surface area contributed by atoms with Crippen LogP contribution in [0.3, 0.4) is 0 Å². The van der Waals surface area contributed by atoms with Gasteiger partial charge in [-0.3, -0.25) is 4.90 Å². The number of carboxylic acid groups (broad SMARTS) is 2. The van der Waals surface area contributed by atoms with Gasteiger partial charge in [-0.05, 0) is 81.7 Å². The first kappa shape index (κ1) is 24.7. The maximum Gasteiger partial charge on any atom is 0.414 e. The number of hydrogen-bond donors (Lipinski definition) is 2. The zero-order chi connectivity index (χ0) is 23.5. The standard InChI is InChI=1S/C24H32N2O.C2H2O4/c1-2-7-16-26(15-6-1)22-13-17-25(18-14-22)20-21-9-8-12-24(19-21)27-23-10-4-3-5-11-23;3-1(4)2(5)6/h3-5,8-12,19,22H,1-2,6-7,13-18,20H2;(H,3,4)(H,5,6). The Morgan fingerprint density at radius 3 is 2.00 bits per heavy atom. The van der Waals surface area contributed by atoms with Gasteiger partial charge in [0.2, 0.25) is 0 Å². The van der Waals surface area contributed by atoms with Crippen molar-refractivity contribution in [3.05, 3.63) is 60.2 Å². The van der Waals surface area contributed by atoms with Gasteiger partial charge in [0, 0.05) is 12.6 Å². The summed E-state index contributed by atoms with van der Waals surface area (Å²) in [6, 6.07) is 19.4. The van der Waals surface area contributed by atoms with Crippen molar-refractivity contribution >= 4 is 11.9 Å². The van der Waals surface area contributed by atoms with Crippen LogP contribution in [0.1, 0.15) is 44.1 Å². The van der Waals surface area contributed by atoms with Crippen molar-refractivity contribution in [1.82, 2.24) is 9.80 Å². The Labute approximate surface area is 195 Å². The first-order chi connectivity index (χ1) is 16.0. The lowest BCUT2D eigenvalue weighted by Crippen LogP contribution is -2.45. The van der Waals surface area contributed by atoms with Gasteiger partial charge in [-0.15, -0.1) is 0 Å². The van der Waals surface area contributed by atoms with E-state index in [-0.39, 0.29) is 0 Å². The maximum absolute atomic E-state index is 9.10. The van der Waals surface area contributed by atoms with E-state index >= 15 is 0 Å². The van der Waals surface area contributed by atoms with E-state index in [0.717, 1.165) is 24.1 Å². The third-order valence-electron chi connectivity index (χ3n) is 6.18. The lowest BCUT2D eigenvalue weighted by molar-refractivity contribution is -0.159. The van der Waals surface area contributed by atoms with Crippen LogP contribution >= 0.6 is 0 Å². The highest BCUT2D eigenvalue weighted by Gasteiger charge is 2.25. The third kappa shape index (κ3) is 8.51. The number of piperidine rings is 1. The van der Waals surface area contributed by atoms with Crippen molar-refractivity contribution in [3.63, 3.8) is 0 Å². The van der Waals surface area contributed by atoms with E-state index < -0.39 is 11.9 Å². The van der Waals surface area contributed by atoms with Crippen LogP contribution in [-0.4, -0.2) is 64.2 Å². The molecule has 0 aromatic heterocycles. The molecule has 0 unspecified atom stereocenters.